The van der Waals surface area contributed by atoms with Gasteiger partial charge in [0.05, 0.1) is 30.5 Å². The lowest BCUT2D eigenvalue weighted by molar-refractivity contribution is 0.0958. The van der Waals surface area contributed by atoms with Gasteiger partial charge in [0.25, 0.3) is 5.91 Å². The van der Waals surface area contributed by atoms with Crippen molar-refractivity contribution in [2.24, 2.45) is 4.99 Å². The first-order valence-electron chi connectivity index (χ1n) is 10.2. The van der Waals surface area contributed by atoms with Crippen molar-refractivity contribution >= 4 is 28.9 Å². The molecule has 1 aliphatic rings. The molecule has 30 heavy (non-hydrogen) atoms. The summed E-state index contributed by atoms with van der Waals surface area (Å²) < 4.78 is 5.50. The molecule has 1 saturated heterocycles. The Kier molecular flexibility index (Phi) is 7.89. The van der Waals surface area contributed by atoms with E-state index in [1.165, 1.54) is 11.3 Å². The summed E-state index contributed by atoms with van der Waals surface area (Å²) in [5.74, 6) is 1.57. The number of hydrogen-bond donors (Lipinski definition) is 3. The summed E-state index contributed by atoms with van der Waals surface area (Å²) in [6.45, 7) is 7.48. The molecule has 0 bridgehead atoms. The monoisotopic (exact) mass is 430 g/mol. The molecule has 2 heterocycles. The van der Waals surface area contributed by atoms with Crippen LogP contribution in [0.4, 0.5) is 5.69 Å². The summed E-state index contributed by atoms with van der Waals surface area (Å²) >= 11 is 1.36. The average Bonchev–Trinajstić information content (AvgIpc) is 3.40. The lowest BCUT2D eigenvalue weighted by atomic mass is 10.2. The van der Waals surface area contributed by atoms with Crippen LogP contribution in [0.25, 0.3) is 0 Å². The average molecular weight is 431 g/mol. The number of nitrogens with zero attached hydrogens (tertiary/aromatic N) is 3. The second-order valence-corrected chi connectivity index (χ2v) is 7.89. The quantitative estimate of drug-likeness (QED) is 0.337. The third-order valence-electron chi connectivity index (χ3n) is 4.92. The molecular formula is C21H30N6O2S. The van der Waals surface area contributed by atoms with Crippen molar-refractivity contribution < 1.29 is 9.53 Å². The number of aliphatic imine (C=N–C) groups is 1. The second kappa shape index (κ2) is 10.8. The van der Waals surface area contributed by atoms with Crippen LogP contribution in [-0.2, 0) is 0 Å². The molecular weight excluding hydrogens is 400 g/mol. The van der Waals surface area contributed by atoms with Crippen molar-refractivity contribution in [2.45, 2.75) is 26.3 Å². The number of hydrogen-bond acceptors (Lipinski definition) is 6. The lowest BCUT2D eigenvalue weighted by Crippen LogP contribution is -2.45. The number of amides is 1. The number of para-hydroxylation sites is 2. The molecule has 0 aliphatic carbocycles. The Balaban J connectivity index is 1.50. The van der Waals surface area contributed by atoms with Crippen LogP contribution in [0.5, 0.6) is 5.75 Å². The van der Waals surface area contributed by atoms with E-state index in [0.29, 0.717) is 24.0 Å². The minimum Gasteiger partial charge on any atom is -0.495 e. The van der Waals surface area contributed by atoms with Crippen LogP contribution in [0.2, 0.25) is 0 Å². The Morgan fingerprint density at radius 3 is 2.93 bits per heavy atom. The third-order valence-corrected chi connectivity index (χ3v) is 5.85. The summed E-state index contributed by atoms with van der Waals surface area (Å²) in [5.41, 5.74) is 3.56. The van der Waals surface area contributed by atoms with Crippen molar-refractivity contribution in [3.05, 3.63) is 40.3 Å². The number of aromatic nitrogens is 1. The fourth-order valence-electron chi connectivity index (χ4n) is 3.44. The molecule has 1 unspecified atom stereocenters. The smallest absolute Gasteiger partial charge is 0.263 e. The summed E-state index contributed by atoms with van der Waals surface area (Å²) in [7, 11) is 1.70. The molecule has 1 aromatic heterocycles. The van der Waals surface area contributed by atoms with E-state index >= 15 is 0 Å². The van der Waals surface area contributed by atoms with E-state index in [0.717, 1.165) is 49.1 Å². The van der Waals surface area contributed by atoms with E-state index in [-0.39, 0.29) is 5.91 Å². The molecule has 0 saturated carbocycles. The molecule has 162 valence electrons. The molecule has 3 rings (SSSR count). The summed E-state index contributed by atoms with van der Waals surface area (Å²) in [6.07, 6.45) is 1.02. The normalized spacial score (nSPS) is 16.4. The van der Waals surface area contributed by atoms with Gasteiger partial charge in [0, 0.05) is 32.2 Å². The Morgan fingerprint density at radius 1 is 1.37 bits per heavy atom. The summed E-state index contributed by atoms with van der Waals surface area (Å²) in [4.78, 5) is 23.9. The van der Waals surface area contributed by atoms with Gasteiger partial charge in [-0.15, -0.1) is 11.3 Å². The number of carbonyl (C=O) groups excluding carboxylic acids is 1. The van der Waals surface area contributed by atoms with E-state index in [4.69, 9.17) is 4.74 Å². The Morgan fingerprint density at radius 2 is 2.20 bits per heavy atom. The first-order valence-corrected chi connectivity index (χ1v) is 11.1. The highest BCUT2D eigenvalue weighted by Crippen LogP contribution is 2.30. The summed E-state index contributed by atoms with van der Waals surface area (Å²) in [5, 5.41) is 9.71. The standard InChI is InChI=1S/C21H30N6O2S/c1-4-22-21(24-11-10-23-20(28)19-15(2)25-14-30-19)26-16-9-12-27(13-16)17-7-5-6-8-18(17)29-3/h5-8,14,16H,4,9-13H2,1-3H3,(H,23,28)(H2,22,24,26). The van der Waals surface area contributed by atoms with E-state index < -0.39 is 0 Å². The van der Waals surface area contributed by atoms with Gasteiger partial charge in [0.15, 0.2) is 5.96 Å². The van der Waals surface area contributed by atoms with E-state index in [9.17, 15) is 4.79 Å². The van der Waals surface area contributed by atoms with Crippen LogP contribution in [-0.4, -0.2) is 62.7 Å². The number of thiazole rings is 1. The van der Waals surface area contributed by atoms with Crippen molar-refractivity contribution in [3.8, 4) is 5.75 Å². The molecule has 0 spiro atoms. The van der Waals surface area contributed by atoms with Crippen LogP contribution in [0.1, 0.15) is 28.7 Å². The van der Waals surface area contributed by atoms with E-state index in [2.05, 4.69) is 36.9 Å². The third kappa shape index (κ3) is 5.63. The molecule has 1 aromatic carbocycles. The Hall–Kier alpha value is -2.81. The van der Waals surface area contributed by atoms with Gasteiger partial charge >= 0.3 is 0 Å². The molecule has 1 atom stereocenters. The SMILES string of the molecule is CCNC(=NCCNC(=O)c1scnc1C)NC1CCN(c2ccccc2OC)C1. The first kappa shape index (κ1) is 21.9. The van der Waals surface area contributed by atoms with Gasteiger partial charge in [-0.25, -0.2) is 4.98 Å². The van der Waals surface area contributed by atoms with Gasteiger partial charge in [-0.2, -0.15) is 0 Å². The molecule has 8 nitrogen and oxygen atoms in total. The second-order valence-electron chi connectivity index (χ2n) is 7.03. The molecule has 1 amide bonds. The molecule has 1 aliphatic heterocycles. The first-order chi connectivity index (χ1) is 14.6. The number of guanidine groups is 1. The predicted octanol–water partition coefficient (Wildman–Crippen LogP) is 2.02. The maximum Gasteiger partial charge on any atom is 0.263 e. The highest BCUT2D eigenvalue weighted by atomic mass is 32.1. The zero-order chi connectivity index (χ0) is 21.3. The lowest BCUT2D eigenvalue weighted by Gasteiger charge is -2.22. The van der Waals surface area contributed by atoms with Crippen LogP contribution < -0.4 is 25.6 Å². The molecule has 3 N–H and O–H groups in total. The van der Waals surface area contributed by atoms with E-state index in [1.54, 1.807) is 12.6 Å². The van der Waals surface area contributed by atoms with Gasteiger partial charge in [-0.1, -0.05) is 12.1 Å². The molecule has 2 aromatic rings. The zero-order valence-electron chi connectivity index (χ0n) is 17.8. The fourth-order valence-corrected chi connectivity index (χ4v) is 4.16. The minimum absolute atomic E-state index is 0.0913. The topological polar surface area (TPSA) is 90.9 Å². The van der Waals surface area contributed by atoms with Gasteiger partial charge < -0.3 is 25.6 Å². The number of aryl methyl sites for hydroxylation is 1. The number of ether oxygens (including phenoxy) is 1. The van der Waals surface area contributed by atoms with Gasteiger partial charge in [0.1, 0.15) is 10.6 Å². The highest BCUT2D eigenvalue weighted by molar-refractivity contribution is 7.11. The van der Waals surface area contributed by atoms with Crippen molar-refractivity contribution in [1.29, 1.82) is 0 Å². The molecule has 9 heteroatoms. The number of methoxy groups -OCH3 is 1. The van der Waals surface area contributed by atoms with Crippen LogP contribution in [0, 0.1) is 6.92 Å². The largest absolute Gasteiger partial charge is 0.495 e. The van der Waals surface area contributed by atoms with Crippen LogP contribution >= 0.6 is 11.3 Å². The maximum absolute atomic E-state index is 12.2. The van der Waals surface area contributed by atoms with E-state index in [1.807, 2.05) is 32.0 Å². The van der Waals surface area contributed by atoms with Crippen molar-refractivity contribution in [3.63, 3.8) is 0 Å². The van der Waals surface area contributed by atoms with Gasteiger partial charge in [0.2, 0.25) is 0 Å². The van der Waals surface area contributed by atoms with Gasteiger partial charge in [-0.05, 0) is 32.4 Å². The number of carbonyl (C=O) groups is 1. The number of rotatable bonds is 8. The number of benzene rings is 1. The maximum atomic E-state index is 12.2. The minimum atomic E-state index is -0.0913. The Labute approximate surface area is 181 Å². The Bertz CT molecular complexity index is 869. The number of nitrogens with one attached hydrogen (secondary N) is 3. The predicted molar refractivity (Wildman–Crippen MR) is 122 cm³/mol. The molecule has 0 radical (unpaired) electrons. The fraction of sp³-hybridized carbons (Fsp3) is 0.476. The van der Waals surface area contributed by atoms with Crippen LogP contribution in [0.15, 0.2) is 34.8 Å². The summed E-state index contributed by atoms with van der Waals surface area (Å²) in [6, 6.07) is 8.39. The highest BCUT2D eigenvalue weighted by Gasteiger charge is 2.25. The van der Waals surface area contributed by atoms with Crippen LogP contribution in [0.3, 0.4) is 0 Å². The zero-order valence-corrected chi connectivity index (χ0v) is 18.6. The number of anilines is 1. The van der Waals surface area contributed by atoms with Crippen molar-refractivity contribution in [2.75, 3.05) is 44.7 Å². The molecule has 1 fully saturated rings. The van der Waals surface area contributed by atoms with Gasteiger partial charge in [-0.3, -0.25) is 9.79 Å². The van der Waals surface area contributed by atoms with Crippen molar-refractivity contribution in [1.82, 2.24) is 20.9 Å².